The first-order chi connectivity index (χ1) is 9.21. The summed E-state index contributed by atoms with van der Waals surface area (Å²) in [7, 11) is 0. The normalized spacial score (nSPS) is 21.8. The number of hydrogen-bond donors (Lipinski definition) is 2. The number of piperidine rings is 1. The highest BCUT2D eigenvalue weighted by atomic mass is 16.2. The van der Waals surface area contributed by atoms with Crippen LogP contribution in [0.15, 0.2) is 24.4 Å². The first-order valence-corrected chi connectivity index (χ1v) is 6.46. The van der Waals surface area contributed by atoms with E-state index >= 15 is 0 Å². The number of rotatable bonds is 2. The van der Waals surface area contributed by atoms with Crippen molar-refractivity contribution in [3.8, 4) is 0 Å². The molecule has 3 amide bonds. The topological polar surface area (TPSA) is 74.3 Å². The molecule has 2 N–H and O–H groups in total. The van der Waals surface area contributed by atoms with Crippen molar-refractivity contribution in [3.63, 3.8) is 0 Å². The number of carbonyl (C=O) groups is 2. The van der Waals surface area contributed by atoms with Gasteiger partial charge in [-0.05, 0) is 38.1 Å². The third-order valence-corrected chi connectivity index (χ3v) is 3.75. The number of urea groups is 1. The van der Waals surface area contributed by atoms with Crippen LogP contribution in [-0.2, 0) is 11.3 Å². The lowest BCUT2D eigenvalue weighted by molar-refractivity contribution is -0.132. The van der Waals surface area contributed by atoms with Crippen LogP contribution in [0.2, 0.25) is 0 Å². The average molecular weight is 260 g/mol. The Bertz CT molecular complexity index is 497. The van der Waals surface area contributed by atoms with Gasteiger partial charge in [0.15, 0.2) is 0 Å². The monoisotopic (exact) mass is 260 g/mol. The molecule has 3 rings (SSSR count). The molecular formula is C13H16N4O2. The summed E-state index contributed by atoms with van der Waals surface area (Å²) < 4.78 is 0. The van der Waals surface area contributed by atoms with Gasteiger partial charge in [0, 0.05) is 6.20 Å². The molecule has 0 unspecified atom stereocenters. The van der Waals surface area contributed by atoms with E-state index in [0.29, 0.717) is 12.8 Å². The molecule has 6 heteroatoms. The van der Waals surface area contributed by atoms with Gasteiger partial charge in [0.25, 0.3) is 5.91 Å². The SMILES string of the molecule is O=C1NC2(CCNCC2)C(=O)N1Cc1ccccn1. The smallest absolute Gasteiger partial charge is 0.323 e. The maximum absolute atomic E-state index is 12.5. The Morgan fingerprint density at radius 1 is 1.26 bits per heavy atom. The zero-order chi connectivity index (χ0) is 13.3. The fourth-order valence-corrected chi connectivity index (χ4v) is 2.67. The van der Waals surface area contributed by atoms with E-state index in [4.69, 9.17) is 0 Å². The predicted octanol–water partition coefficient (Wildman–Crippen LogP) is 0.256. The van der Waals surface area contributed by atoms with Gasteiger partial charge in [0.05, 0.1) is 12.2 Å². The molecule has 0 saturated carbocycles. The standard InChI is InChI=1S/C13H16N4O2/c18-11-13(4-7-14-8-5-13)16-12(19)17(11)9-10-3-1-2-6-15-10/h1-3,6,14H,4-5,7-9H2,(H,16,19). The second-order valence-electron chi connectivity index (χ2n) is 4.97. The zero-order valence-corrected chi connectivity index (χ0v) is 10.6. The van der Waals surface area contributed by atoms with E-state index in [1.807, 2.05) is 18.2 Å². The first-order valence-electron chi connectivity index (χ1n) is 6.46. The van der Waals surface area contributed by atoms with Gasteiger partial charge in [0.1, 0.15) is 5.54 Å². The van der Waals surface area contributed by atoms with Gasteiger partial charge in [0.2, 0.25) is 0 Å². The van der Waals surface area contributed by atoms with Crippen LogP contribution < -0.4 is 10.6 Å². The number of nitrogens with zero attached hydrogens (tertiary/aromatic N) is 2. The van der Waals surface area contributed by atoms with Crippen molar-refractivity contribution in [2.45, 2.75) is 24.9 Å². The molecule has 0 atom stereocenters. The van der Waals surface area contributed by atoms with Crippen LogP contribution in [0.1, 0.15) is 18.5 Å². The molecule has 1 aromatic heterocycles. The van der Waals surface area contributed by atoms with Crippen LogP contribution in [0, 0.1) is 0 Å². The van der Waals surface area contributed by atoms with Crippen molar-refractivity contribution >= 4 is 11.9 Å². The largest absolute Gasteiger partial charge is 0.325 e. The molecule has 1 spiro atoms. The fourth-order valence-electron chi connectivity index (χ4n) is 2.67. The number of imide groups is 1. The first kappa shape index (κ1) is 12.1. The molecule has 19 heavy (non-hydrogen) atoms. The van der Waals surface area contributed by atoms with Crippen molar-refractivity contribution in [2.24, 2.45) is 0 Å². The highest BCUT2D eigenvalue weighted by Gasteiger charge is 2.51. The molecule has 2 aliphatic rings. The highest BCUT2D eigenvalue weighted by molar-refractivity contribution is 6.07. The molecule has 0 bridgehead atoms. The summed E-state index contributed by atoms with van der Waals surface area (Å²) in [5.41, 5.74) is 0.0221. The summed E-state index contributed by atoms with van der Waals surface area (Å²) in [5, 5.41) is 6.06. The molecule has 100 valence electrons. The minimum atomic E-state index is -0.697. The number of hydrogen-bond acceptors (Lipinski definition) is 4. The van der Waals surface area contributed by atoms with Crippen LogP contribution in [-0.4, -0.2) is 40.5 Å². The number of amides is 3. The molecular weight excluding hydrogens is 244 g/mol. The van der Waals surface area contributed by atoms with Crippen LogP contribution in [0.3, 0.4) is 0 Å². The van der Waals surface area contributed by atoms with Crippen LogP contribution >= 0.6 is 0 Å². The van der Waals surface area contributed by atoms with Gasteiger partial charge in [-0.2, -0.15) is 0 Å². The maximum atomic E-state index is 12.5. The second kappa shape index (κ2) is 4.62. The number of pyridine rings is 1. The summed E-state index contributed by atoms with van der Waals surface area (Å²) in [4.78, 5) is 29.9. The molecule has 0 aromatic carbocycles. The summed E-state index contributed by atoms with van der Waals surface area (Å²) in [6.07, 6.45) is 2.96. The molecule has 2 aliphatic heterocycles. The lowest BCUT2D eigenvalue weighted by Crippen LogP contribution is -2.53. The van der Waals surface area contributed by atoms with Crippen LogP contribution in [0.5, 0.6) is 0 Å². The van der Waals surface area contributed by atoms with Gasteiger partial charge in [-0.1, -0.05) is 6.07 Å². The quantitative estimate of drug-likeness (QED) is 0.748. The van der Waals surface area contributed by atoms with Crippen molar-refractivity contribution in [2.75, 3.05) is 13.1 Å². The van der Waals surface area contributed by atoms with E-state index < -0.39 is 5.54 Å². The van der Waals surface area contributed by atoms with Crippen molar-refractivity contribution < 1.29 is 9.59 Å². The van der Waals surface area contributed by atoms with E-state index in [1.54, 1.807) is 6.20 Å². The average Bonchev–Trinajstić information content (AvgIpc) is 2.66. The Kier molecular flexibility index (Phi) is 2.94. The lowest BCUT2D eigenvalue weighted by Gasteiger charge is -2.31. The molecule has 0 radical (unpaired) electrons. The molecule has 1 aromatic rings. The molecule has 6 nitrogen and oxygen atoms in total. The fraction of sp³-hybridized carbons (Fsp3) is 0.462. The summed E-state index contributed by atoms with van der Waals surface area (Å²) in [6, 6.07) is 5.16. The summed E-state index contributed by atoms with van der Waals surface area (Å²) in [5.74, 6) is -0.121. The number of aromatic nitrogens is 1. The zero-order valence-electron chi connectivity index (χ0n) is 10.6. The Labute approximate surface area is 111 Å². The van der Waals surface area contributed by atoms with E-state index in [-0.39, 0.29) is 18.5 Å². The Hall–Kier alpha value is -1.95. The molecule has 3 heterocycles. The highest BCUT2D eigenvalue weighted by Crippen LogP contribution is 2.27. The third-order valence-electron chi connectivity index (χ3n) is 3.75. The Balaban J connectivity index is 1.79. The van der Waals surface area contributed by atoms with Gasteiger partial charge in [-0.15, -0.1) is 0 Å². The maximum Gasteiger partial charge on any atom is 0.325 e. The molecule has 0 aliphatic carbocycles. The van der Waals surface area contributed by atoms with Crippen molar-refractivity contribution in [3.05, 3.63) is 30.1 Å². The van der Waals surface area contributed by atoms with Crippen molar-refractivity contribution in [1.29, 1.82) is 0 Å². The lowest BCUT2D eigenvalue weighted by atomic mass is 9.88. The summed E-state index contributed by atoms with van der Waals surface area (Å²) in [6.45, 7) is 1.74. The van der Waals surface area contributed by atoms with Gasteiger partial charge >= 0.3 is 6.03 Å². The minimum absolute atomic E-state index is 0.121. The van der Waals surface area contributed by atoms with E-state index in [1.165, 1.54) is 4.90 Å². The number of nitrogens with one attached hydrogen (secondary N) is 2. The molecule has 2 fully saturated rings. The third kappa shape index (κ3) is 2.08. The van der Waals surface area contributed by atoms with Gasteiger partial charge in [-0.3, -0.25) is 14.7 Å². The molecule has 2 saturated heterocycles. The second-order valence-corrected chi connectivity index (χ2v) is 4.97. The van der Waals surface area contributed by atoms with E-state index in [9.17, 15) is 9.59 Å². The Morgan fingerprint density at radius 2 is 2.05 bits per heavy atom. The van der Waals surface area contributed by atoms with Crippen molar-refractivity contribution in [1.82, 2.24) is 20.5 Å². The van der Waals surface area contributed by atoms with Gasteiger partial charge < -0.3 is 10.6 Å². The van der Waals surface area contributed by atoms with E-state index in [2.05, 4.69) is 15.6 Å². The Morgan fingerprint density at radius 3 is 2.74 bits per heavy atom. The number of carbonyl (C=O) groups excluding carboxylic acids is 2. The summed E-state index contributed by atoms with van der Waals surface area (Å²) >= 11 is 0. The van der Waals surface area contributed by atoms with Crippen LogP contribution in [0.25, 0.3) is 0 Å². The van der Waals surface area contributed by atoms with Gasteiger partial charge in [-0.25, -0.2) is 4.79 Å². The predicted molar refractivity (Wildman–Crippen MR) is 68.2 cm³/mol. The van der Waals surface area contributed by atoms with Crippen LogP contribution in [0.4, 0.5) is 4.79 Å². The van der Waals surface area contributed by atoms with E-state index in [0.717, 1.165) is 18.8 Å². The minimum Gasteiger partial charge on any atom is -0.323 e.